The van der Waals surface area contributed by atoms with Gasteiger partial charge in [0.1, 0.15) is 5.65 Å². The van der Waals surface area contributed by atoms with E-state index in [1.807, 2.05) is 47.0 Å². The molecule has 0 bridgehead atoms. The molecule has 1 aliphatic carbocycles. The van der Waals surface area contributed by atoms with E-state index in [-0.39, 0.29) is 5.41 Å². The number of benzene rings is 5. The fourth-order valence-electron chi connectivity index (χ4n) is 7.03. The molecule has 9 rings (SSSR count). The topological polar surface area (TPSA) is 56.0 Å². The van der Waals surface area contributed by atoms with Crippen molar-refractivity contribution in [2.24, 2.45) is 0 Å². The number of hydrogen-bond acceptors (Lipinski definition) is 4. The van der Waals surface area contributed by atoms with Crippen LogP contribution in [0.15, 0.2) is 152 Å². The van der Waals surface area contributed by atoms with Gasteiger partial charge in [0, 0.05) is 40.1 Å². The molecule has 0 unspecified atom stereocenters. The molecule has 228 valence electrons. The molecule has 0 saturated carbocycles. The zero-order valence-electron chi connectivity index (χ0n) is 26.7. The molecular formula is C43H31N5. The molecule has 1 aliphatic rings. The summed E-state index contributed by atoms with van der Waals surface area (Å²) >= 11 is 0. The molecule has 48 heavy (non-hydrogen) atoms. The van der Waals surface area contributed by atoms with Crippen molar-refractivity contribution in [2.45, 2.75) is 19.3 Å². The smallest absolute Gasteiger partial charge is 0.164 e. The Kier molecular flexibility index (Phi) is 6.40. The van der Waals surface area contributed by atoms with Crippen LogP contribution in [0, 0.1) is 0 Å². The monoisotopic (exact) mass is 617 g/mol. The second-order valence-electron chi connectivity index (χ2n) is 12.8. The van der Waals surface area contributed by atoms with E-state index in [4.69, 9.17) is 19.9 Å². The van der Waals surface area contributed by atoms with Gasteiger partial charge in [-0.25, -0.2) is 19.9 Å². The van der Waals surface area contributed by atoms with Gasteiger partial charge in [-0.1, -0.05) is 135 Å². The van der Waals surface area contributed by atoms with Crippen molar-refractivity contribution >= 4 is 5.65 Å². The molecule has 0 atom stereocenters. The minimum atomic E-state index is -0.113. The lowest BCUT2D eigenvalue weighted by Crippen LogP contribution is -2.14. The van der Waals surface area contributed by atoms with Gasteiger partial charge in [-0.15, -0.1) is 0 Å². The minimum absolute atomic E-state index is 0.113. The van der Waals surface area contributed by atoms with Crippen molar-refractivity contribution in [1.29, 1.82) is 0 Å². The molecule has 0 spiro atoms. The van der Waals surface area contributed by atoms with Gasteiger partial charge in [-0.3, -0.25) is 0 Å². The van der Waals surface area contributed by atoms with Crippen LogP contribution in [0.4, 0.5) is 0 Å². The second kappa shape index (κ2) is 11.0. The highest BCUT2D eigenvalue weighted by atomic mass is 15.0. The number of hydrogen-bond donors (Lipinski definition) is 0. The summed E-state index contributed by atoms with van der Waals surface area (Å²) in [7, 11) is 0. The highest BCUT2D eigenvalue weighted by Gasteiger charge is 2.37. The molecule has 5 heteroatoms. The summed E-state index contributed by atoms with van der Waals surface area (Å²) in [4.78, 5) is 20.1. The summed E-state index contributed by atoms with van der Waals surface area (Å²) in [5.41, 5.74) is 13.1. The van der Waals surface area contributed by atoms with Crippen LogP contribution in [-0.4, -0.2) is 24.3 Å². The third kappa shape index (κ3) is 4.63. The quantitative estimate of drug-likeness (QED) is 0.193. The van der Waals surface area contributed by atoms with E-state index >= 15 is 0 Å². The maximum atomic E-state index is 5.14. The fourth-order valence-corrected chi connectivity index (χ4v) is 7.03. The summed E-state index contributed by atoms with van der Waals surface area (Å²) in [6.45, 7) is 4.59. The van der Waals surface area contributed by atoms with Crippen molar-refractivity contribution in [1.82, 2.24) is 24.3 Å². The minimum Gasteiger partial charge on any atom is -0.306 e. The predicted octanol–water partition coefficient (Wildman–Crippen LogP) is 10.2. The highest BCUT2D eigenvalue weighted by Crippen LogP contribution is 2.51. The first-order valence-electron chi connectivity index (χ1n) is 16.2. The van der Waals surface area contributed by atoms with E-state index in [1.165, 1.54) is 22.3 Å². The molecule has 0 aliphatic heterocycles. The maximum Gasteiger partial charge on any atom is 0.164 e. The number of fused-ring (bicyclic) bond motifs is 4. The lowest BCUT2D eigenvalue weighted by Gasteiger charge is -2.21. The summed E-state index contributed by atoms with van der Waals surface area (Å²) in [6, 6.07) is 48.4. The van der Waals surface area contributed by atoms with Gasteiger partial charge in [0.2, 0.25) is 0 Å². The van der Waals surface area contributed by atoms with Crippen molar-refractivity contribution in [3.63, 3.8) is 0 Å². The van der Waals surface area contributed by atoms with E-state index in [9.17, 15) is 0 Å². The van der Waals surface area contributed by atoms with Crippen molar-refractivity contribution in [2.75, 3.05) is 0 Å². The molecule has 3 aromatic heterocycles. The molecule has 5 aromatic carbocycles. The van der Waals surface area contributed by atoms with Crippen LogP contribution in [0.5, 0.6) is 0 Å². The molecule has 0 N–H and O–H groups in total. The van der Waals surface area contributed by atoms with Crippen LogP contribution in [0.2, 0.25) is 0 Å². The molecule has 0 amide bonds. The summed E-state index contributed by atoms with van der Waals surface area (Å²) < 4.78 is 2.05. The zero-order chi connectivity index (χ0) is 32.2. The standard InChI is InChI=1S/C43H31N5/c1-43(2)35-18-7-6-16-33(35)39-34(17-11-19-36(39)43)42-46-40(29-12-4-3-5-13-29)45-41(47-42)30-23-21-28(22-24-30)31-14-10-15-32(26-31)37-27-48-25-9-8-20-38(48)44-37/h3-27H,1-2H3. The van der Waals surface area contributed by atoms with Crippen LogP contribution in [-0.2, 0) is 5.41 Å². The average Bonchev–Trinajstić information content (AvgIpc) is 3.69. The molecule has 3 heterocycles. The Bertz CT molecular complexity index is 2440. The van der Waals surface area contributed by atoms with Crippen molar-refractivity contribution in [3.05, 3.63) is 163 Å². The van der Waals surface area contributed by atoms with Gasteiger partial charge in [0.05, 0.1) is 5.69 Å². The SMILES string of the molecule is CC1(C)c2ccccc2-c2c(-c3nc(-c4ccccc4)nc(-c4ccc(-c5cccc(-c6cn7ccccc7n6)c5)cc4)n3)cccc21. The third-order valence-electron chi connectivity index (χ3n) is 9.51. The lowest BCUT2D eigenvalue weighted by atomic mass is 9.82. The van der Waals surface area contributed by atoms with E-state index in [1.54, 1.807) is 0 Å². The fraction of sp³-hybridized carbons (Fsp3) is 0.0698. The zero-order valence-corrected chi connectivity index (χ0v) is 26.7. The Morgan fingerprint density at radius 2 is 1.06 bits per heavy atom. The first-order chi connectivity index (χ1) is 23.5. The Morgan fingerprint density at radius 1 is 0.458 bits per heavy atom. The number of rotatable bonds is 5. The Morgan fingerprint density at radius 3 is 1.88 bits per heavy atom. The van der Waals surface area contributed by atoms with Crippen molar-refractivity contribution in [3.8, 4) is 67.7 Å². The molecule has 0 radical (unpaired) electrons. The molecule has 0 saturated heterocycles. The second-order valence-corrected chi connectivity index (χ2v) is 12.8. The molecule has 5 nitrogen and oxygen atoms in total. The number of imidazole rings is 1. The lowest BCUT2D eigenvalue weighted by molar-refractivity contribution is 0.660. The van der Waals surface area contributed by atoms with Gasteiger partial charge in [-0.05, 0) is 51.6 Å². The van der Waals surface area contributed by atoms with Gasteiger partial charge >= 0.3 is 0 Å². The Labute approximate surface area is 279 Å². The normalized spacial score (nSPS) is 13.0. The third-order valence-corrected chi connectivity index (χ3v) is 9.51. The van der Waals surface area contributed by atoms with Crippen LogP contribution < -0.4 is 0 Å². The summed E-state index contributed by atoms with van der Waals surface area (Å²) in [5, 5.41) is 0. The highest BCUT2D eigenvalue weighted by molar-refractivity contribution is 5.91. The van der Waals surface area contributed by atoms with Crippen molar-refractivity contribution < 1.29 is 0 Å². The van der Waals surface area contributed by atoms with E-state index in [0.717, 1.165) is 44.7 Å². The Hall–Kier alpha value is -6.20. The first-order valence-corrected chi connectivity index (χ1v) is 16.2. The van der Waals surface area contributed by atoms with E-state index < -0.39 is 0 Å². The van der Waals surface area contributed by atoms with Gasteiger partial charge in [0.15, 0.2) is 17.5 Å². The maximum absolute atomic E-state index is 5.14. The molecular weight excluding hydrogens is 587 g/mol. The van der Waals surface area contributed by atoms with Crippen LogP contribution in [0.25, 0.3) is 73.3 Å². The van der Waals surface area contributed by atoms with Crippen LogP contribution in [0.1, 0.15) is 25.0 Å². The predicted molar refractivity (Wildman–Crippen MR) is 193 cm³/mol. The Balaban J connectivity index is 1.13. The van der Waals surface area contributed by atoms with Gasteiger partial charge in [-0.2, -0.15) is 0 Å². The average molecular weight is 618 g/mol. The number of nitrogens with zero attached hydrogens (tertiary/aromatic N) is 5. The van der Waals surface area contributed by atoms with E-state index in [2.05, 4.69) is 123 Å². The van der Waals surface area contributed by atoms with Gasteiger partial charge in [0.25, 0.3) is 0 Å². The van der Waals surface area contributed by atoms with Crippen LogP contribution >= 0.6 is 0 Å². The van der Waals surface area contributed by atoms with Gasteiger partial charge < -0.3 is 4.40 Å². The number of aromatic nitrogens is 5. The summed E-state index contributed by atoms with van der Waals surface area (Å²) in [6.07, 6.45) is 4.09. The largest absolute Gasteiger partial charge is 0.306 e. The first kappa shape index (κ1) is 28.1. The van der Waals surface area contributed by atoms with E-state index in [0.29, 0.717) is 17.5 Å². The molecule has 8 aromatic rings. The molecule has 0 fully saturated rings. The van der Waals surface area contributed by atoms with Crippen LogP contribution in [0.3, 0.4) is 0 Å². The number of pyridine rings is 1. The summed E-state index contributed by atoms with van der Waals surface area (Å²) in [5.74, 6) is 1.97.